The van der Waals surface area contributed by atoms with E-state index in [1.54, 1.807) is 36.4 Å². The Kier molecular flexibility index (Phi) is 7.64. The number of ether oxygens (including phenoxy) is 2. The first kappa shape index (κ1) is 25.3. The highest BCUT2D eigenvalue weighted by Gasteiger charge is 2.24. The van der Waals surface area contributed by atoms with Gasteiger partial charge in [0.1, 0.15) is 17.6 Å². The van der Waals surface area contributed by atoms with Gasteiger partial charge in [0.25, 0.3) is 5.56 Å². The molecule has 3 aromatic rings. The second-order valence-electron chi connectivity index (χ2n) is 8.65. The number of carbonyl (C=O) groups is 1. The summed E-state index contributed by atoms with van der Waals surface area (Å²) in [6.45, 7) is 1.55. The van der Waals surface area contributed by atoms with Crippen LogP contribution in [-0.2, 0) is 16.4 Å². The number of nitrogens with zero attached hydrogens (tertiary/aromatic N) is 2. The third kappa shape index (κ3) is 6.25. The minimum Gasteiger partial charge on any atom is -0.497 e. The zero-order valence-electron chi connectivity index (χ0n) is 20.2. The van der Waals surface area contributed by atoms with Crippen LogP contribution in [0.5, 0.6) is 11.5 Å². The number of likely N-dealkylation sites (tertiary alicyclic amines) is 1. The molecule has 2 amide bonds. The molecule has 10 heteroatoms. The van der Waals surface area contributed by atoms with Crippen LogP contribution in [0.2, 0.25) is 0 Å². The molecule has 0 spiro atoms. The summed E-state index contributed by atoms with van der Waals surface area (Å²) in [5, 5.41) is 2.94. The first-order valence-corrected chi connectivity index (χ1v) is 13.5. The van der Waals surface area contributed by atoms with E-state index in [0.717, 1.165) is 17.6 Å². The van der Waals surface area contributed by atoms with Crippen molar-refractivity contribution in [2.24, 2.45) is 0 Å². The molecule has 4 rings (SSSR count). The number of carbonyl (C=O) groups excluding carboxylic acids is 1. The molecule has 36 heavy (non-hydrogen) atoms. The lowest BCUT2D eigenvalue weighted by Crippen LogP contribution is -2.46. The molecule has 9 nitrogen and oxygen atoms in total. The van der Waals surface area contributed by atoms with Gasteiger partial charge in [-0.2, -0.15) is 0 Å². The molecular weight excluding hydrogens is 482 g/mol. The van der Waals surface area contributed by atoms with Crippen LogP contribution in [0.4, 0.5) is 4.79 Å². The zero-order valence-corrected chi connectivity index (χ0v) is 21.0. The number of sulfone groups is 1. The molecule has 2 heterocycles. The minimum absolute atomic E-state index is 0.0973. The molecule has 0 saturated carbocycles. The van der Waals surface area contributed by atoms with Crippen LogP contribution < -0.4 is 20.3 Å². The predicted molar refractivity (Wildman–Crippen MR) is 136 cm³/mol. The van der Waals surface area contributed by atoms with Crippen molar-refractivity contribution < 1.29 is 22.7 Å². The maximum absolute atomic E-state index is 12.6. The van der Waals surface area contributed by atoms with E-state index >= 15 is 0 Å². The molecule has 1 fully saturated rings. The molecule has 0 aliphatic carbocycles. The smallest absolute Gasteiger partial charge is 0.317 e. The molecule has 190 valence electrons. The van der Waals surface area contributed by atoms with E-state index in [0.29, 0.717) is 43.9 Å². The van der Waals surface area contributed by atoms with E-state index in [-0.39, 0.29) is 22.6 Å². The van der Waals surface area contributed by atoms with E-state index in [9.17, 15) is 18.0 Å². The van der Waals surface area contributed by atoms with Crippen molar-refractivity contribution in [3.05, 3.63) is 82.8 Å². The fraction of sp³-hybridized carbons (Fsp3) is 0.308. The average molecular weight is 512 g/mol. The number of piperidine rings is 1. The van der Waals surface area contributed by atoms with Gasteiger partial charge in [-0.1, -0.05) is 12.1 Å². The largest absolute Gasteiger partial charge is 0.497 e. The van der Waals surface area contributed by atoms with Gasteiger partial charge in [-0.25, -0.2) is 13.2 Å². The van der Waals surface area contributed by atoms with Gasteiger partial charge in [-0.05, 0) is 48.0 Å². The summed E-state index contributed by atoms with van der Waals surface area (Å²) in [5.41, 5.74) is 1.27. The van der Waals surface area contributed by atoms with Crippen molar-refractivity contribution in [3.63, 3.8) is 0 Å². The molecule has 1 N–H and O–H groups in total. The third-order valence-electron chi connectivity index (χ3n) is 6.07. The molecule has 0 atom stereocenters. The van der Waals surface area contributed by atoms with Crippen LogP contribution in [0.1, 0.15) is 18.4 Å². The second kappa shape index (κ2) is 10.9. The normalized spacial score (nSPS) is 14.3. The number of hydrogen-bond donors (Lipinski definition) is 1. The SMILES string of the molecule is COc1ccc(CNC(=O)N2CCC(Oc3ccn(-c4ccc(S(C)(=O)=O)cc4)c(=O)c3)CC2)cc1. The Hall–Kier alpha value is -3.79. The Bertz CT molecular complexity index is 1360. The number of pyridine rings is 1. The van der Waals surface area contributed by atoms with Crippen molar-refractivity contribution in [3.8, 4) is 17.2 Å². The van der Waals surface area contributed by atoms with Gasteiger partial charge in [0.2, 0.25) is 0 Å². The topological polar surface area (TPSA) is 107 Å². The lowest BCUT2D eigenvalue weighted by atomic mass is 10.1. The number of urea groups is 1. The van der Waals surface area contributed by atoms with E-state index in [1.807, 2.05) is 24.3 Å². The van der Waals surface area contributed by atoms with Gasteiger partial charge in [-0.3, -0.25) is 9.36 Å². The highest BCUT2D eigenvalue weighted by Crippen LogP contribution is 2.19. The van der Waals surface area contributed by atoms with Gasteiger partial charge in [0.05, 0.1) is 12.0 Å². The summed E-state index contributed by atoms with van der Waals surface area (Å²) >= 11 is 0. The molecule has 1 aliphatic heterocycles. The highest BCUT2D eigenvalue weighted by atomic mass is 32.2. The van der Waals surface area contributed by atoms with Crippen LogP contribution in [0.3, 0.4) is 0 Å². The van der Waals surface area contributed by atoms with Crippen molar-refractivity contribution >= 4 is 15.9 Å². The quantitative estimate of drug-likeness (QED) is 0.523. The molecule has 1 aromatic heterocycles. The Morgan fingerprint density at radius 3 is 2.25 bits per heavy atom. The molecule has 0 bridgehead atoms. The summed E-state index contributed by atoms with van der Waals surface area (Å²) in [5.74, 6) is 1.24. The van der Waals surface area contributed by atoms with E-state index in [2.05, 4.69) is 5.32 Å². The van der Waals surface area contributed by atoms with Crippen molar-refractivity contribution in [2.45, 2.75) is 30.4 Å². The Morgan fingerprint density at radius 2 is 1.67 bits per heavy atom. The third-order valence-corrected chi connectivity index (χ3v) is 7.20. The van der Waals surface area contributed by atoms with E-state index in [4.69, 9.17) is 9.47 Å². The van der Waals surface area contributed by atoms with Crippen molar-refractivity contribution in [1.29, 1.82) is 0 Å². The average Bonchev–Trinajstić information content (AvgIpc) is 2.88. The van der Waals surface area contributed by atoms with Crippen LogP contribution in [-0.4, -0.2) is 56.5 Å². The number of aromatic nitrogens is 1. The number of rotatable bonds is 7. The van der Waals surface area contributed by atoms with Crippen molar-refractivity contribution in [1.82, 2.24) is 14.8 Å². The maximum Gasteiger partial charge on any atom is 0.317 e. The lowest BCUT2D eigenvalue weighted by molar-refractivity contribution is 0.111. The predicted octanol–water partition coefficient (Wildman–Crippen LogP) is 3.00. The second-order valence-corrected chi connectivity index (χ2v) is 10.7. The molecule has 1 saturated heterocycles. The summed E-state index contributed by atoms with van der Waals surface area (Å²) in [6, 6.07) is 16.7. The van der Waals surface area contributed by atoms with Gasteiger partial charge in [0, 0.05) is 56.7 Å². The zero-order chi connectivity index (χ0) is 25.7. The Labute approximate surface area is 210 Å². The van der Waals surface area contributed by atoms with Crippen LogP contribution in [0.15, 0.2) is 76.6 Å². The molecular formula is C26H29N3O6S. The maximum atomic E-state index is 12.6. The van der Waals surface area contributed by atoms with E-state index in [1.165, 1.54) is 22.8 Å². The number of nitrogens with one attached hydrogen (secondary N) is 1. The standard InChI is InChI=1S/C26H29N3O6S/c1-34-21-7-3-19(4-8-21)18-27-26(31)28-14-11-22(12-15-28)35-23-13-16-29(25(30)17-23)20-5-9-24(10-6-20)36(2,32)33/h3-10,13,16-17,22H,11-12,14-15,18H2,1-2H3,(H,27,31). The first-order chi connectivity index (χ1) is 17.2. The highest BCUT2D eigenvalue weighted by molar-refractivity contribution is 7.90. The van der Waals surface area contributed by atoms with Crippen LogP contribution in [0.25, 0.3) is 5.69 Å². The Balaban J connectivity index is 1.28. The van der Waals surface area contributed by atoms with Crippen LogP contribution >= 0.6 is 0 Å². The number of benzene rings is 2. The summed E-state index contributed by atoms with van der Waals surface area (Å²) in [4.78, 5) is 27.1. The van der Waals surface area contributed by atoms with Gasteiger partial charge in [0.15, 0.2) is 9.84 Å². The van der Waals surface area contributed by atoms with Gasteiger partial charge < -0.3 is 19.7 Å². The lowest BCUT2D eigenvalue weighted by Gasteiger charge is -2.32. The fourth-order valence-electron chi connectivity index (χ4n) is 4.00. The molecule has 0 radical (unpaired) electrons. The fourth-order valence-corrected chi connectivity index (χ4v) is 4.63. The monoisotopic (exact) mass is 511 g/mol. The number of hydrogen-bond acceptors (Lipinski definition) is 6. The van der Waals surface area contributed by atoms with Gasteiger partial charge >= 0.3 is 6.03 Å². The first-order valence-electron chi connectivity index (χ1n) is 11.6. The van der Waals surface area contributed by atoms with Crippen LogP contribution in [0, 0.1) is 0 Å². The summed E-state index contributed by atoms with van der Waals surface area (Å²) in [6.07, 6.45) is 3.96. The van der Waals surface area contributed by atoms with Gasteiger partial charge in [-0.15, -0.1) is 0 Å². The van der Waals surface area contributed by atoms with Crippen molar-refractivity contribution in [2.75, 3.05) is 26.5 Å². The summed E-state index contributed by atoms with van der Waals surface area (Å²) in [7, 11) is -1.69. The van der Waals surface area contributed by atoms with E-state index < -0.39 is 9.84 Å². The molecule has 2 aromatic carbocycles. The molecule has 1 aliphatic rings. The molecule has 0 unspecified atom stereocenters. The Morgan fingerprint density at radius 1 is 1.00 bits per heavy atom. The number of amides is 2. The minimum atomic E-state index is -3.30. The summed E-state index contributed by atoms with van der Waals surface area (Å²) < 4.78 is 35.8. The number of methoxy groups -OCH3 is 1.